The average Bonchev–Trinajstić information content (AvgIpc) is 2.67. The molecule has 0 radical (unpaired) electrons. The minimum atomic E-state index is -0.810. The molecule has 4 amide bonds. The maximum absolute atomic E-state index is 13.1. The Morgan fingerprint density at radius 2 is 1.93 bits per heavy atom. The first-order chi connectivity index (χ1) is 14.3. The Labute approximate surface area is 186 Å². The predicted octanol–water partition coefficient (Wildman–Crippen LogP) is 4.48. The second-order valence-corrected chi connectivity index (χ2v) is 7.68. The zero-order valence-corrected chi connectivity index (χ0v) is 18.8. The highest BCUT2D eigenvalue weighted by Gasteiger charge is 2.37. The van der Waals surface area contributed by atoms with Crippen molar-refractivity contribution in [2.75, 3.05) is 18.6 Å². The third-order valence-corrected chi connectivity index (χ3v) is 5.12. The summed E-state index contributed by atoms with van der Waals surface area (Å²) in [6.07, 6.45) is 1.36. The molecule has 0 aromatic heterocycles. The van der Waals surface area contributed by atoms with Crippen molar-refractivity contribution in [2.24, 2.45) is 0 Å². The van der Waals surface area contributed by atoms with Gasteiger partial charge in [0.15, 0.2) is 11.5 Å². The number of anilines is 1. The third kappa shape index (κ3) is 4.20. The largest absolute Gasteiger partial charge is 0.491 e. The molecule has 3 rings (SSSR count). The number of urea groups is 1. The number of hydrogen-bond acceptors (Lipinski definition) is 5. The lowest BCUT2D eigenvalue weighted by molar-refractivity contribution is -0.122. The number of carbonyl (C=O) groups excluding carboxylic acids is 3. The molecule has 2 aromatic rings. The Kier molecular flexibility index (Phi) is 6.48. The number of carbonyl (C=O) groups is 3. The molecule has 0 atom stereocenters. The molecule has 1 heterocycles. The number of amides is 4. The van der Waals surface area contributed by atoms with Gasteiger partial charge in [0.25, 0.3) is 11.8 Å². The first-order valence-electron chi connectivity index (χ1n) is 8.94. The van der Waals surface area contributed by atoms with E-state index >= 15 is 0 Å². The van der Waals surface area contributed by atoms with Crippen LogP contribution in [0.3, 0.4) is 0 Å². The van der Waals surface area contributed by atoms with Crippen LogP contribution in [0.4, 0.5) is 10.5 Å². The number of rotatable bonds is 5. The normalized spacial score (nSPS) is 15.4. The number of imide groups is 2. The summed E-state index contributed by atoms with van der Waals surface area (Å²) in [5.41, 5.74) is 1.31. The predicted molar refractivity (Wildman–Crippen MR) is 117 cm³/mol. The van der Waals surface area contributed by atoms with E-state index in [2.05, 4.69) is 21.2 Å². The highest BCUT2D eigenvalue weighted by Crippen LogP contribution is 2.37. The third-order valence-electron chi connectivity index (χ3n) is 4.35. The van der Waals surface area contributed by atoms with Gasteiger partial charge in [0.2, 0.25) is 0 Å². The number of barbiturate groups is 1. The van der Waals surface area contributed by atoms with Gasteiger partial charge >= 0.3 is 6.03 Å². The van der Waals surface area contributed by atoms with E-state index in [0.717, 1.165) is 9.37 Å². The molecule has 30 heavy (non-hydrogen) atoms. The Morgan fingerprint density at radius 3 is 2.57 bits per heavy atom. The van der Waals surface area contributed by atoms with Crippen LogP contribution < -0.4 is 19.7 Å². The van der Waals surface area contributed by atoms with E-state index in [0.29, 0.717) is 34.9 Å². The van der Waals surface area contributed by atoms with E-state index in [9.17, 15) is 14.4 Å². The highest BCUT2D eigenvalue weighted by molar-refractivity contribution is 9.10. The van der Waals surface area contributed by atoms with E-state index in [-0.39, 0.29) is 10.6 Å². The van der Waals surface area contributed by atoms with Crippen molar-refractivity contribution in [3.63, 3.8) is 0 Å². The van der Waals surface area contributed by atoms with Crippen LogP contribution in [0.5, 0.6) is 11.5 Å². The minimum Gasteiger partial charge on any atom is -0.491 e. The van der Waals surface area contributed by atoms with Gasteiger partial charge in [0.1, 0.15) is 5.57 Å². The summed E-state index contributed by atoms with van der Waals surface area (Å²) in [5, 5.41) is 2.47. The van der Waals surface area contributed by atoms with Crippen molar-refractivity contribution >= 4 is 57.1 Å². The van der Waals surface area contributed by atoms with Crippen molar-refractivity contribution in [1.82, 2.24) is 5.32 Å². The molecule has 0 unspecified atom stereocenters. The number of methoxy groups -OCH3 is 1. The van der Waals surface area contributed by atoms with Gasteiger partial charge in [-0.25, -0.2) is 9.69 Å². The molecule has 2 aromatic carbocycles. The van der Waals surface area contributed by atoms with Gasteiger partial charge in [-0.15, -0.1) is 0 Å². The number of aryl methyl sites for hydroxylation is 1. The van der Waals surface area contributed by atoms with Gasteiger partial charge < -0.3 is 9.47 Å². The van der Waals surface area contributed by atoms with Crippen molar-refractivity contribution in [1.29, 1.82) is 0 Å². The number of hydrogen-bond donors (Lipinski definition) is 1. The molecule has 1 aliphatic rings. The molecular formula is C21H18BrClN2O5. The molecule has 0 spiro atoms. The van der Waals surface area contributed by atoms with Crippen LogP contribution in [0.15, 0.2) is 40.4 Å². The van der Waals surface area contributed by atoms with Crippen molar-refractivity contribution < 1.29 is 23.9 Å². The van der Waals surface area contributed by atoms with Crippen LogP contribution >= 0.6 is 27.5 Å². The molecule has 7 nitrogen and oxygen atoms in total. The number of ether oxygens (including phenoxy) is 2. The zero-order chi connectivity index (χ0) is 22.0. The first-order valence-corrected chi connectivity index (χ1v) is 10.1. The SMILES string of the molecule is CCOc1cc(/C=C2/C(=O)NC(=O)N(c3ccc(Br)cc3C)C2=O)cc(Cl)c1OC. The van der Waals surface area contributed by atoms with Crippen molar-refractivity contribution in [3.8, 4) is 11.5 Å². The smallest absolute Gasteiger partial charge is 0.335 e. The fourth-order valence-corrected chi connectivity index (χ4v) is 3.82. The Balaban J connectivity index is 2.07. The lowest BCUT2D eigenvalue weighted by Gasteiger charge is -2.27. The maximum Gasteiger partial charge on any atom is 0.335 e. The summed E-state index contributed by atoms with van der Waals surface area (Å²) in [6, 6.07) is 7.45. The molecule has 1 saturated heterocycles. The molecule has 0 bridgehead atoms. The number of benzene rings is 2. The summed E-state index contributed by atoms with van der Waals surface area (Å²) in [6.45, 7) is 3.94. The summed E-state index contributed by atoms with van der Waals surface area (Å²) in [4.78, 5) is 38.8. The highest BCUT2D eigenvalue weighted by atomic mass is 79.9. The zero-order valence-electron chi connectivity index (χ0n) is 16.4. The molecule has 1 aliphatic heterocycles. The van der Waals surface area contributed by atoms with Crippen LogP contribution in [-0.4, -0.2) is 31.6 Å². The average molecular weight is 494 g/mol. The van der Waals surface area contributed by atoms with Crippen LogP contribution in [0, 0.1) is 6.92 Å². The molecule has 1 fully saturated rings. The van der Waals surface area contributed by atoms with Crippen molar-refractivity contribution in [3.05, 3.63) is 56.5 Å². The summed E-state index contributed by atoms with van der Waals surface area (Å²) in [5.74, 6) is -0.804. The fraction of sp³-hybridized carbons (Fsp3) is 0.190. The van der Waals surface area contributed by atoms with E-state index < -0.39 is 17.8 Å². The Hall–Kier alpha value is -2.84. The molecule has 156 valence electrons. The summed E-state index contributed by atoms with van der Waals surface area (Å²) in [7, 11) is 1.46. The van der Waals surface area contributed by atoms with Crippen LogP contribution in [-0.2, 0) is 9.59 Å². The number of halogens is 2. The molecular weight excluding hydrogens is 476 g/mol. The van der Waals surface area contributed by atoms with Crippen LogP contribution in [0.25, 0.3) is 6.08 Å². The summed E-state index contributed by atoms with van der Waals surface area (Å²) >= 11 is 9.61. The lowest BCUT2D eigenvalue weighted by Crippen LogP contribution is -2.54. The molecule has 1 N–H and O–H groups in total. The Bertz CT molecular complexity index is 1080. The first kappa shape index (κ1) is 21.9. The van der Waals surface area contributed by atoms with Gasteiger partial charge in [-0.1, -0.05) is 27.5 Å². The molecule has 0 saturated carbocycles. The fourth-order valence-electron chi connectivity index (χ4n) is 3.04. The standard InChI is InChI=1S/C21H18BrClN2O5/c1-4-30-17-10-12(9-15(23)18(17)29-3)8-14-19(26)24-21(28)25(20(14)27)16-6-5-13(22)7-11(16)2/h5-10H,4H2,1-3H3,(H,24,26,28)/b14-8-. The number of nitrogens with one attached hydrogen (secondary N) is 1. The number of nitrogens with zero attached hydrogens (tertiary/aromatic N) is 1. The van der Waals surface area contributed by atoms with E-state index in [1.54, 1.807) is 44.2 Å². The maximum atomic E-state index is 13.1. The van der Waals surface area contributed by atoms with E-state index in [1.165, 1.54) is 13.2 Å². The van der Waals surface area contributed by atoms with Gasteiger partial charge in [-0.3, -0.25) is 14.9 Å². The monoisotopic (exact) mass is 492 g/mol. The molecule has 9 heteroatoms. The second kappa shape index (κ2) is 8.89. The second-order valence-electron chi connectivity index (χ2n) is 6.36. The topological polar surface area (TPSA) is 84.9 Å². The van der Waals surface area contributed by atoms with Crippen LogP contribution in [0.2, 0.25) is 5.02 Å². The lowest BCUT2D eigenvalue weighted by atomic mass is 10.1. The van der Waals surface area contributed by atoms with E-state index in [1.807, 2.05) is 0 Å². The molecule has 0 aliphatic carbocycles. The van der Waals surface area contributed by atoms with Gasteiger partial charge in [0.05, 0.1) is 24.4 Å². The van der Waals surface area contributed by atoms with Gasteiger partial charge in [-0.05, 0) is 61.4 Å². The van der Waals surface area contributed by atoms with Crippen molar-refractivity contribution in [2.45, 2.75) is 13.8 Å². The van der Waals surface area contributed by atoms with Gasteiger partial charge in [0, 0.05) is 4.47 Å². The van der Waals surface area contributed by atoms with Crippen LogP contribution in [0.1, 0.15) is 18.1 Å². The summed E-state index contributed by atoms with van der Waals surface area (Å²) < 4.78 is 11.6. The van der Waals surface area contributed by atoms with Gasteiger partial charge in [-0.2, -0.15) is 0 Å². The minimum absolute atomic E-state index is 0.208. The quantitative estimate of drug-likeness (QED) is 0.490. The Morgan fingerprint density at radius 1 is 1.20 bits per heavy atom. The van der Waals surface area contributed by atoms with E-state index in [4.69, 9.17) is 21.1 Å².